The van der Waals surface area contributed by atoms with Gasteiger partial charge in [0.15, 0.2) is 0 Å². The van der Waals surface area contributed by atoms with Crippen molar-refractivity contribution in [1.29, 1.82) is 0 Å². The molecule has 2 aromatic rings. The predicted octanol–water partition coefficient (Wildman–Crippen LogP) is 1.68. The molecule has 1 aromatic carbocycles. The molecule has 3 atom stereocenters. The molecule has 0 unspecified atom stereocenters. The third kappa shape index (κ3) is 3.54. The van der Waals surface area contributed by atoms with Crippen molar-refractivity contribution in [3.63, 3.8) is 0 Å². The average Bonchev–Trinajstić information content (AvgIpc) is 3.13. The number of likely N-dealkylation sites (tertiary alicyclic amines) is 1. The summed E-state index contributed by atoms with van der Waals surface area (Å²) in [5.41, 5.74) is 0.589. The highest BCUT2D eigenvalue weighted by Gasteiger charge is 2.65. The Bertz CT molecular complexity index is 1100. The van der Waals surface area contributed by atoms with Crippen LogP contribution in [0.1, 0.15) is 12.0 Å². The van der Waals surface area contributed by atoms with E-state index in [-0.39, 0.29) is 31.8 Å². The minimum atomic E-state index is -3.53. The van der Waals surface area contributed by atoms with E-state index in [1.807, 2.05) is 0 Å². The maximum absolute atomic E-state index is 13.3. The number of hydrogen-bond donors (Lipinski definition) is 1. The van der Waals surface area contributed by atoms with Crippen molar-refractivity contribution in [2.24, 2.45) is 0 Å². The van der Waals surface area contributed by atoms with E-state index in [0.717, 1.165) is 5.56 Å². The lowest BCUT2D eigenvalue weighted by Crippen LogP contribution is -2.57. The summed E-state index contributed by atoms with van der Waals surface area (Å²) >= 11 is 0. The van der Waals surface area contributed by atoms with Crippen LogP contribution in [-0.2, 0) is 21.3 Å². The first-order valence-electron chi connectivity index (χ1n) is 10.2. The Morgan fingerprint density at radius 2 is 2.10 bits per heavy atom. The Morgan fingerprint density at radius 3 is 2.87 bits per heavy atom. The fourth-order valence-corrected chi connectivity index (χ4v) is 7.13. The Hall–Kier alpha value is -2.69. The number of nitrogens with zero attached hydrogens (tertiary/aromatic N) is 3. The van der Waals surface area contributed by atoms with E-state index in [4.69, 9.17) is 9.47 Å². The molecule has 164 valence electrons. The fraction of sp³-hybridized carbons (Fsp3) is 0.429. The van der Waals surface area contributed by atoms with Crippen molar-refractivity contribution in [3.8, 4) is 5.75 Å². The monoisotopic (exact) mass is 444 g/mol. The van der Waals surface area contributed by atoms with E-state index in [0.29, 0.717) is 24.4 Å². The second-order valence-electron chi connectivity index (χ2n) is 8.24. The number of nitrogens with one attached hydrogen (secondary N) is 1. The van der Waals surface area contributed by atoms with Crippen LogP contribution in [0, 0.1) is 0 Å². The van der Waals surface area contributed by atoms with Gasteiger partial charge in [-0.1, -0.05) is 6.07 Å². The van der Waals surface area contributed by atoms with Crippen LogP contribution in [0.4, 0.5) is 10.5 Å². The van der Waals surface area contributed by atoms with Crippen LogP contribution in [0.15, 0.2) is 48.8 Å². The van der Waals surface area contributed by atoms with Gasteiger partial charge in [0.1, 0.15) is 16.6 Å². The number of pyridine rings is 1. The number of hydrogen-bond acceptors (Lipinski definition) is 6. The Balaban J connectivity index is 1.34. The van der Waals surface area contributed by atoms with Gasteiger partial charge in [-0.3, -0.25) is 4.98 Å². The lowest BCUT2D eigenvalue weighted by molar-refractivity contribution is -0.0946. The molecule has 0 saturated carbocycles. The van der Waals surface area contributed by atoms with Crippen molar-refractivity contribution < 1.29 is 22.7 Å². The lowest BCUT2D eigenvalue weighted by Gasteiger charge is -2.39. The zero-order valence-corrected chi connectivity index (χ0v) is 17.9. The molecule has 0 radical (unpaired) electrons. The first-order chi connectivity index (χ1) is 14.9. The lowest BCUT2D eigenvalue weighted by atomic mass is 9.99. The molecule has 5 rings (SSSR count). The van der Waals surface area contributed by atoms with Gasteiger partial charge in [0.2, 0.25) is 10.0 Å². The Kier molecular flexibility index (Phi) is 4.87. The minimum Gasteiger partial charge on any atom is -0.497 e. The molecule has 2 amide bonds. The number of fused-ring (bicyclic) bond motifs is 1. The van der Waals surface area contributed by atoms with Gasteiger partial charge in [-0.05, 0) is 36.2 Å². The number of aromatic nitrogens is 1. The van der Waals surface area contributed by atoms with Crippen molar-refractivity contribution in [2.45, 2.75) is 29.9 Å². The number of carbonyl (C=O) groups excluding carboxylic acids is 1. The number of amides is 2. The van der Waals surface area contributed by atoms with Crippen molar-refractivity contribution >= 4 is 21.7 Å². The van der Waals surface area contributed by atoms with Crippen molar-refractivity contribution in [3.05, 3.63) is 54.4 Å². The molecule has 10 heteroatoms. The summed E-state index contributed by atoms with van der Waals surface area (Å²) in [6.45, 7) is 1.11. The molecule has 3 aliphatic heterocycles. The first kappa shape index (κ1) is 20.2. The van der Waals surface area contributed by atoms with Crippen LogP contribution in [0.2, 0.25) is 0 Å². The number of methoxy groups -OCH3 is 1. The number of morpholine rings is 1. The molecule has 1 aromatic heterocycles. The zero-order chi connectivity index (χ0) is 21.6. The molecule has 1 spiro atoms. The van der Waals surface area contributed by atoms with Crippen molar-refractivity contribution in [1.82, 2.24) is 14.2 Å². The molecule has 31 heavy (non-hydrogen) atoms. The fourth-order valence-electron chi connectivity index (χ4n) is 4.84. The summed E-state index contributed by atoms with van der Waals surface area (Å²) in [5.74, 6) is 0.646. The van der Waals surface area contributed by atoms with E-state index < -0.39 is 20.9 Å². The smallest absolute Gasteiger partial charge is 0.322 e. The molecule has 9 nitrogen and oxygen atoms in total. The topological polar surface area (TPSA) is 101 Å². The summed E-state index contributed by atoms with van der Waals surface area (Å²) in [6, 6.07) is 10.5. The number of sulfonamides is 1. The quantitative estimate of drug-likeness (QED) is 0.770. The van der Waals surface area contributed by atoms with Gasteiger partial charge >= 0.3 is 6.03 Å². The van der Waals surface area contributed by atoms with Gasteiger partial charge in [-0.2, -0.15) is 4.31 Å². The van der Waals surface area contributed by atoms with E-state index >= 15 is 0 Å². The summed E-state index contributed by atoms with van der Waals surface area (Å²) in [5, 5.41) is 2.25. The van der Waals surface area contributed by atoms with Crippen LogP contribution in [0.3, 0.4) is 0 Å². The van der Waals surface area contributed by atoms with E-state index in [2.05, 4.69) is 10.3 Å². The molecule has 2 bridgehead atoms. The molecule has 0 aliphatic carbocycles. The number of urea groups is 1. The summed E-state index contributed by atoms with van der Waals surface area (Å²) in [4.78, 5) is 18.6. The summed E-state index contributed by atoms with van der Waals surface area (Å²) in [6.07, 6.45) is 3.41. The average molecular weight is 445 g/mol. The van der Waals surface area contributed by atoms with E-state index in [1.165, 1.54) is 4.31 Å². The third-order valence-electron chi connectivity index (χ3n) is 6.23. The number of carbonyl (C=O) groups is 1. The highest BCUT2D eigenvalue weighted by atomic mass is 32.2. The van der Waals surface area contributed by atoms with Crippen LogP contribution in [0.5, 0.6) is 5.75 Å². The number of benzene rings is 1. The van der Waals surface area contributed by atoms with Crippen LogP contribution in [0.25, 0.3) is 0 Å². The van der Waals surface area contributed by atoms with Crippen molar-refractivity contribution in [2.75, 3.05) is 32.1 Å². The SMILES string of the molecule is COc1cccc(NC(=O)N2C[C@@H]3C[C@@H]4[C@@](C2)(CN(Cc2ccncc2)S4(=O)=O)O3)c1. The molecule has 4 heterocycles. The molecule has 3 saturated heterocycles. The van der Waals surface area contributed by atoms with E-state index in [9.17, 15) is 13.2 Å². The van der Waals surface area contributed by atoms with Gasteiger partial charge in [-0.15, -0.1) is 0 Å². The van der Waals surface area contributed by atoms with Gasteiger partial charge in [-0.25, -0.2) is 13.2 Å². The number of rotatable bonds is 4. The molecule has 1 N–H and O–H groups in total. The molecule has 3 fully saturated rings. The summed E-state index contributed by atoms with van der Waals surface area (Å²) in [7, 11) is -1.96. The molecular formula is C21H24N4O5S. The first-order valence-corrected chi connectivity index (χ1v) is 11.7. The Morgan fingerprint density at radius 1 is 1.29 bits per heavy atom. The molecule has 3 aliphatic rings. The van der Waals surface area contributed by atoms with E-state index in [1.54, 1.807) is 60.8 Å². The highest BCUT2D eigenvalue weighted by molar-refractivity contribution is 7.90. The second-order valence-corrected chi connectivity index (χ2v) is 10.4. The van der Waals surface area contributed by atoms with Gasteiger partial charge in [0.05, 0.1) is 19.8 Å². The largest absolute Gasteiger partial charge is 0.497 e. The highest BCUT2D eigenvalue weighted by Crippen LogP contribution is 2.47. The number of ether oxygens (including phenoxy) is 2. The van der Waals surface area contributed by atoms with Crippen LogP contribution >= 0.6 is 0 Å². The summed E-state index contributed by atoms with van der Waals surface area (Å²) < 4.78 is 39.4. The standard InChI is InChI=1S/C21H24N4O5S/c1-29-17-4-2-3-16(9-17)23-20(26)24-12-18-10-19-21(13-24,30-18)14-25(31(19,27)28)11-15-5-7-22-8-6-15/h2-9,18-19H,10-14H2,1H3,(H,23,26)/t18-,19+,21+/m0/s1. The third-order valence-corrected chi connectivity index (χ3v) is 8.55. The zero-order valence-electron chi connectivity index (χ0n) is 17.1. The maximum atomic E-state index is 13.3. The minimum absolute atomic E-state index is 0.232. The van der Waals surface area contributed by atoms with Gasteiger partial charge < -0.3 is 19.7 Å². The predicted molar refractivity (Wildman–Crippen MR) is 113 cm³/mol. The Labute approximate surface area is 181 Å². The molecular weight excluding hydrogens is 420 g/mol. The van der Waals surface area contributed by atoms with Gasteiger partial charge in [0.25, 0.3) is 0 Å². The van der Waals surface area contributed by atoms with Gasteiger partial charge in [0, 0.05) is 43.8 Å². The number of anilines is 1. The van der Waals surface area contributed by atoms with Crippen LogP contribution in [-0.4, -0.2) is 72.3 Å². The second kappa shape index (κ2) is 7.47. The van der Waals surface area contributed by atoms with Crippen LogP contribution < -0.4 is 10.1 Å². The normalized spacial score (nSPS) is 28.9. The maximum Gasteiger partial charge on any atom is 0.322 e.